The second-order valence-corrected chi connectivity index (χ2v) is 25.0. The first-order valence-electron chi connectivity index (χ1n) is 32.4. The SMILES string of the molecule is CCCCC[C@H]1CCCCCCCCCC(=O)O[C@H]2[C@H](O[C@H]3[C@H](O1)O[C@H](CO)[C@@H](O)[C@@H]3O)O[C@@H](C)[C@H](O[C@@H]1O[C@@H](C)[C@H](O[C@@H]3O[C@@H](C)[C@H](OC(=O)C(C)C)[C@@H](OC(=O)/C=C/c4ccccc4)[C@H]3O)[C@@H](O[C@@H]3O[C@@H](C)[C@H](O)[C@@H](O)[C@H]3O)[C@H]1OC(=O)[C@@H](C)CC)[C@H]2O. The molecule has 6 aliphatic heterocycles. The van der Waals surface area contributed by atoms with Crippen molar-refractivity contribution in [3.63, 3.8) is 0 Å². The summed E-state index contributed by atoms with van der Waals surface area (Å²) < 4.78 is 88.3. The molecule has 0 bridgehead atoms. The van der Waals surface area contributed by atoms with Crippen LogP contribution in [0.2, 0.25) is 0 Å². The number of aliphatic hydroxyl groups is 8. The summed E-state index contributed by atoms with van der Waals surface area (Å²) in [5, 5.41) is 91.6. The molecule has 0 aromatic heterocycles. The molecule has 0 spiro atoms. The third-order valence-corrected chi connectivity index (χ3v) is 17.6. The van der Waals surface area contributed by atoms with E-state index in [1.807, 2.05) is 0 Å². The fourth-order valence-electron chi connectivity index (χ4n) is 11.8. The zero-order chi connectivity index (χ0) is 65.5. The number of esters is 4. The van der Waals surface area contributed by atoms with Gasteiger partial charge in [-0.1, -0.05) is 123 Å². The van der Waals surface area contributed by atoms with Gasteiger partial charge in [0.15, 0.2) is 55.9 Å². The smallest absolute Gasteiger partial charge is 0.331 e. The maximum atomic E-state index is 14.2. The van der Waals surface area contributed by atoms with Crippen LogP contribution in [0, 0.1) is 11.8 Å². The first kappa shape index (κ1) is 73.5. The highest BCUT2D eigenvalue weighted by molar-refractivity contribution is 5.87. The van der Waals surface area contributed by atoms with Crippen molar-refractivity contribution >= 4 is 30.0 Å². The number of hydrogen-bond acceptors (Lipinski definition) is 26. The van der Waals surface area contributed by atoms with Crippen molar-refractivity contribution in [3.8, 4) is 0 Å². The van der Waals surface area contributed by atoms with Crippen LogP contribution in [0.15, 0.2) is 36.4 Å². The van der Waals surface area contributed by atoms with E-state index < -0.39 is 196 Å². The number of unbranched alkanes of at least 4 members (excludes halogenated alkanes) is 2. The minimum atomic E-state index is -1.96. The van der Waals surface area contributed by atoms with Crippen LogP contribution in [0.4, 0.5) is 0 Å². The maximum absolute atomic E-state index is 14.2. The van der Waals surface area contributed by atoms with Crippen molar-refractivity contribution in [1.82, 2.24) is 0 Å². The lowest BCUT2D eigenvalue weighted by Gasteiger charge is -2.51. The highest BCUT2D eigenvalue weighted by Crippen LogP contribution is 2.40. The van der Waals surface area contributed by atoms with Gasteiger partial charge in [0.1, 0.15) is 73.2 Å². The van der Waals surface area contributed by atoms with Gasteiger partial charge in [-0.15, -0.1) is 0 Å². The summed E-state index contributed by atoms with van der Waals surface area (Å²) in [6.45, 7) is 13.8. The molecule has 90 heavy (non-hydrogen) atoms. The summed E-state index contributed by atoms with van der Waals surface area (Å²) in [6.07, 6.45) is -28.3. The largest absolute Gasteiger partial charge is 0.455 e. The van der Waals surface area contributed by atoms with Gasteiger partial charge in [-0.2, -0.15) is 0 Å². The van der Waals surface area contributed by atoms with Gasteiger partial charge in [-0.05, 0) is 65.0 Å². The first-order chi connectivity index (χ1) is 43.0. The number of ether oxygens (including phenoxy) is 14. The Hall–Kier alpha value is -3.88. The highest BCUT2D eigenvalue weighted by Gasteiger charge is 2.59. The zero-order valence-corrected chi connectivity index (χ0v) is 53.2. The number of benzene rings is 1. The molecule has 1 aromatic carbocycles. The summed E-state index contributed by atoms with van der Waals surface area (Å²) in [6, 6.07) is 8.82. The minimum Gasteiger partial charge on any atom is -0.455 e. The van der Waals surface area contributed by atoms with E-state index in [9.17, 15) is 60.0 Å². The first-order valence-corrected chi connectivity index (χ1v) is 32.4. The van der Waals surface area contributed by atoms with Crippen molar-refractivity contribution in [1.29, 1.82) is 0 Å². The molecule has 0 saturated carbocycles. The highest BCUT2D eigenvalue weighted by atomic mass is 16.8. The summed E-state index contributed by atoms with van der Waals surface area (Å²) in [5.41, 5.74) is 0.653. The lowest BCUT2D eigenvalue weighted by Crippen LogP contribution is -2.68. The van der Waals surface area contributed by atoms with Gasteiger partial charge < -0.3 is 107 Å². The van der Waals surface area contributed by atoms with Crippen molar-refractivity contribution in [2.45, 2.75) is 312 Å². The fourth-order valence-corrected chi connectivity index (χ4v) is 11.8. The molecule has 512 valence electrons. The molecular weight excluding hydrogens is 1180 g/mol. The zero-order valence-electron chi connectivity index (χ0n) is 53.2. The minimum absolute atomic E-state index is 0.0681. The molecule has 0 unspecified atom stereocenters. The molecular formula is C64H100O26. The number of aliphatic hydroxyl groups excluding tert-OH is 8. The van der Waals surface area contributed by atoms with Crippen molar-refractivity contribution in [2.75, 3.05) is 6.61 Å². The summed E-state index contributed by atoms with van der Waals surface area (Å²) in [5.74, 6) is -4.65. The van der Waals surface area contributed by atoms with Gasteiger partial charge in [-0.25, -0.2) is 4.79 Å². The summed E-state index contributed by atoms with van der Waals surface area (Å²) in [7, 11) is 0. The van der Waals surface area contributed by atoms with Crippen LogP contribution < -0.4 is 0 Å². The number of carbonyl (C=O) groups excluding carboxylic acids is 4. The fraction of sp³-hybridized carbons (Fsp3) is 0.812. The molecule has 1 aromatic rings. The number of rotatable bonds is 19. The Balaban J connectivity index is 1.24. The Morgan fingerprint density at radius 1 is 0.556 bits per heavy atom. The van der Waals surface area contributed by atoms with E-state index in [0.717, 1.165) is 57.4 Å². The lowest BCUT2D eigenvalue weighted by atomic mass is 9.95. The Kier molecular flexibility index (Phi) is 28.6. The summed E-state index contributed by atoms with van der Waals surface area (Å²) >= 11 is 0. The maximum Gasteiger partial charge on any atom is 0.331 e. The van der Waals surface area contributed by atoms with Gasteiger partial charge in [0, 0.05) is 12.5 Å². The molecule has 27 atom stereocenters. The molecule has 7 rings (SSSR count). The van der Waals surface area contributed by atoms with E-state index in [0.29, 0.717) is 31.2 Å². The van der Waals surface area contributed by atoms with Crippen LogP contribution in [0.5, 0.6) is 0 Å². The molecule has 0 amide bonds. The van der Waals surface area contributed by atoms with Gasteiger partial charge in [-0.3, -0.25) is 14.4 Å². The second kappa shape index (κ2) is 35.0. The predicted molar refractivity (Wildman–Crippen MR) is 314 cm³/mol. The summed E-state index contributed by atoms with van der Waals surface area (Å²) in [4.78, 5) is 54.9. The van der Waals surface area contributed by atoms with Crippen LogP contribution in [-0.2, 0) is 85.5 Å². The average molecular weight is 1290 g/mol. The molecule has 26 heteroatoms. The van der Waals surface area contributed by atoms with Crippen LogP contribution in [0.3, 0.4) is 0 Å². The molecule has 6 fully saturated rings. The van der Waals surface area contributed by atoms with Crippen molar-refractivity contribution in [2.24, 2.45) is 11.8 Å². The van der Waals surface area contributed by atoms with E-state index in [2.05, 4.69) is 6.92 Å². The van der Waals surface area contributed by atoms with E-state index in [4.69, 9.17) is 66.3 Å². The standard InChI is InChI=1S/C64H100O26/c1-10-12-19-26-39-27-22-16-14-13-15-17-23-28-41(66)84-55-48(73)50(35(7)79-62(55)89-54-46(71)44(69)40(31-65)82-63(54)81-39)87-64-57(86-59(76)33(5)11-2)56(90-60-47(72)45(70)43(68)34(6)77-60)52(37(9)80-64)88-61-49(74)53(51(36(8)78-61)85-58(75)32(3)4)83-42(67)30-29-38-24-20-18-21-25-38/h18,20-21,24-25,29-30,32-37,39-40,43-57,60-65,68-74H,10-17,19,22-23,26-28,31H2,1-9H3/b30-29+/t33-,34-,35-,36-,37-,39-,40+,43-,44+,45+,46-,47+,48+,49+,50-,51-,52-,53-,54+,55+,56+,57+,60-,61-,62-,63+,64-/m0/s1. The topological polar surface area (TPSA) is 359 Å². The Morgan fingerprint density at radius 2 is 1.16 bits per heavy atom. The van der Waals surface area contributed by atoms with Crippen LogP contribution in [0.1, 0.15) is 158 Å². The second-order valence-electron chi connectivity index (χ2n) is 25.0. The van der Waals surface area contributed by atoms with Crippen LogP contribution in [0.25, 0.3) is 6.08 Å². The van der Waals surface area contributed by atoms with Gasteiger partial charge in [0.05, 0.1) is 49.0 Å². The van der Waals surface area contributed by atoms with Crippen molar-refractivity contribution in [3.05, 3.63) is 42.0 Å². The van der Waals surface area contributed by atoms with Gasteiger partial charge >= 0.3 is 23.9 Å². The Labute approximate surface area is 526 Å². The third-order valence-electron chi connectivity index (χ3n) is 17.6. The van der Waals surface area contributed by atoms with Gasteiger partial charge in [0.2, 0.25) is 0 Å². The number of fused-ring (bicyclic) bond motifs is 2. The van der Waals surface area contributed by atoms with Gasteiger partial charge in [0.25, 0.3) is 0 Å². The Bertz CT molecular complexity index is 2380. The van der Waals surface area contributed by atoms with E-state index >= 15 is 0 Å². The third kappa shape index (κ3) is 19.2. The molecule has 6 heterocycles. The average Bonchev–Trinajstić information content (AvgIpc) is 0.807. The number of carbonyl (C=O) groups is 4. The molecule has 0 radical (unpaired) electrons. The van der Waals surface area contributed by atoms with Crippen molar-refractivity contribution < 1.29 is 126 Å². The molecule has 26 nitrogen and oxygen atoms in total. The van der Waals surface area contributed by atoms with Crippen LogP contribution >= 0.6 is 0 Å². The van der Waals surface area contributed by atoms with E-state index in [-0.39, 0.29) is 18.9 Å². The Morgan fingerprint density at radius 3 is 1.83 bits per heavy atom. The monoisotopic (exact) mass is 1280 g/mol. The predicted octanol–water partition coefficient (Wildman–Crippen LogP) is 3.30. The lowest BCUT2D eigenvalue weighted by molar-refractivity contribution is -0.400. The van der Waals surface area contributed by atoms with E-state index in [1.165, 1.54) is 33.8 Å². The molecule has 6 aliphatic rings. The molecule has 6 saturated heterocycles. The number of hydrogen-bond donors (Lipinski definition) is 8. The van der Waals surface area contributed by atoms with Crippen LogP contribution in [-0.4, -0.2) is 231 Å². The molecule has 8 N–H and O–H groups in total. The normalized spacial score (nSPS) is 40.7. The van der Waals surface area contributed by atoms with E-state index in [1.54, 1.807) is 58.0 Å². The molecule has 0 aliphatic carbocycles. The quantitative estimate of drug-likeness (QED) is 0.0426.